The van der Waals surface area contributed by atoms with Gasteiger partial charge in [-0.15, -0.1) is 18.6 Å². The average molecular weight is 77.9 g/mol. The molecule has 0 atom stereocenters. The van der Waals surface area contributed by atoms with Crippen LogP contribution in [0.15, 0.2) is 24.7 Å². The Morgan fingerprint density at radius 1 is 1.83 bits per heavy atom. The summed E-state index contributed by atoms with van der Waals surface area (Å²) in [5.41, 5.74) is 0.671. The third kappa shape index (κ3) is 3.54. The van der Waals surface area contributed by atoms with Crippen molar-refractivity contribution in [2.75, 3.05) is 0 Å². The Bertz CT molecular complexity index is 64.3. The molecule has 0 aromatic heterocycles. The fourth-order valence-electron chi connectivity index (χ4n) is 0.185. The van der Waals surface area contributed by atoms with Crippen LogP contribution in [0.4, 0.5) is 0 Å². The summed E-state index contributed by atoms with van der Waals surface area (Å²) in [6.45, 7) is 6.91. The van der Waals surface area contributed by atoms with E-state index in [9.17, 15) is 0 Å². The average Bonchev–Trinajstić information content (AvgIpc) is 1.35. The van der Waals surface area contributed by atoms with E-state index in [1.165, 1.54) is 0 Å². The lowest BCUT2D eigenvalue weighted by Crippen LogP contribution is -1.70. The van der Waals surface area contributed by atoms with Gasteiger partial charge in [-0.3, -0.25) is 0 Å². The molecule has 0 heterocycles. The molecule has 0 aromatic carbocycles. The first-order chi connectivity index (χ1) is 2.77. The van der Waals surface area contributed by atoms with Crippen LogP contribution in [-0.2, 0) is 0 Å². The summed E-state index contributed by atoms with van der Waals surface area (Å²) < 4.78 is 0. The Kier molecular flexibility index (Phi) is 2.56. The molecule has 30 valence electrons. The van der Waals surface area contributed by atoms with Crippen LogP contribution in [-0.4, -0.2) is 7.85 Å². The summed E-state index contributed by atoms with van der Waals surface area (Å²) in [4.78, 5) is 0. The zero-order valence-electron chi connectivity index (χ0n) is 3.78. The lowest BCUT2D eigenvalue weighted by Gasteiger charge is -1.83. The van der Waals surface area contributed by atoms with Crippen LogP contribution >= 0.6 is 0 Å². The van der Waals surface area contributed by atoms with Gasteiger partial charge in [-0.05, 0) is 6.42 Å². The summed E-state index contributed by atoms with van der Waals surface area (Å²) in [7, 11) is 5.14. The van der Waals surface area contributed by atoms with Crippen molar-refractivity contribution in [2.45, 2.75) is 6.42 Å². The molecule has 0 unspecified atom stereocenters. The maximum atomic E-state index is 5.14. The van der Waals surface area contributed by atoms with E-state index in [0.29, 0.717) is 5.47 Å². The van der Waals surface area contributed by atoms with E-state index in [1.54, 1.807) is 6.08 Å². The van der Waals surface area contributed by atoms with Gasteiger partial charge in [0.2, 0.25) is 0 Å². The van der Waals surface area contributed by atoms with Crippen LogP contribution < -0.4 is 0 Å². The third-order valence-electron chi connectivity index (χ3n) is 0.407. The van der Waals surface area contributed by atoms with Gasteiger partial charge in [0.25, 0.3) is 0 Å². The van der Waals surface area contributed by atoms with E-state index >= 15 is 0 Å². The van der Waals surface area contributed by atoms with Crippen molar-refractivity contribution in [3.05, 3.63) is 24.7 Å². The van der Waals surface area contributed by atoms with E-state index in [1.807, 2.05) is 0 Å². The van der Waals surface area contributed by atoms with Crippen molar-refractivity contribution >= 4 is 7.85 Å². The molecule has 0 aliphatic carbocycles. The first kappa shape index (κ1) is 5.54. The molecular formula is C5H7B. The lowest BCUT2D eigenvalue weighted by atomic mass is 9.95. The van der Waals surface area contributed by atoms with Gasteiger partial charge < -0.3 is 0 Å². The van der Waals surface area contributed by atoms with Crippen molar-refractivity contribution in [1.29, 1.82) is 0 Å². The van der Waals surface area contributed by atoms with Gasteiger partial charge in [-0.25, -0.2) is 0 Å². The van der Waals surface area contributed by atoms with Crippen molar-refractivity contribution < 1.29 is 0 Å². The predicted molar refractivity (Wildman–Crippen MR) is 29.7 cm³/mol. The molecule has 0 N–H and O–H groups in total. The number of rotatable bonds is 2. The van der Waals surface area contributed by atoms with Gasteiger partial charge in [-0.2, -0.15) is 0 Å². The molecule has 2 radical (unpaired) electrons. The second-order valence-corrected chi connectivity index (χ2v) is 1.15. The largest absolute Gasteiger partial charge is 0.121 e. The Balaban J connectivity index is 3.05. The molecule has 0 rings (SSSR count). The standard InChI is InChI=1S/C5H7B/c1-3-4-5(2)6/h3H,1-2,4H2. The zero-order valence-corrected chi connectivity index (χ0v) is 3.78. The fraction of sp³-hybridized carbons (Fsp3) is 0.200. The fourth-order valence-corrected chi connectivity index (χ4v) is 0.185. The first-order valence-electron chi connectivity index (χ1n) is 1.81. The van der Waals surface area contributed by atoms with Gasteiger partial charge in [-0.1, -0.05) is 6.08 Å². The number of hydrogen-bond acceptors (Lipinski definition) is 0. The summed E-state index contributed by atoms with van der Waals surface area (Å²) >= 11 is 0. The first-order valence-corrected chi connectivity index (χ1v) is 1.81. The van der Waals surface area contributed by atoms with Crippen molar-refractivity contribution in [1.82, 2.24) is 0 Å². The van der Waals surface area contributed by atoms with Gasteiger partial charge in [0.1, 0.15) is 7.85 Å². The number of hydrogen-bond donors (Lipinski definition) is 0. The summed E-state index contributed by atoms with van der Waals surface area (Å²) in [5.74, 6) is 0. The predicted octanol–water partition coefficient (Wildman–Crippen LogP) is 1.24. The van der Waals surface area contributed by atoms with Gasteiger partial charge in [0.05, 0.1) is 0 Å². The van der Waals surface area contributed by atoms with Crippen LogP contribution in [0.25, 0.3) is 0 Å². The van der Waals surface area contributed by atoms with Crippen LogP contribution in [0.1, 0.15) is 6.42 Å². The summed E-state index contributed by atoms with van der Waals surface area (Å²) in [5, 5.41) is 0. The monoisotopic (exact) mass is 78.1 g/mol. The normalized spacial score (nSPS) is 7.33. The van der Waals surface area contributed by atoms with Gasteiger partial charge in [0.15, 0.2) is 0 Å². The quantitative estimate of drug-likeness (QED) is 0.344. The SMILES string of the molecule is [B]C(=C)CC=C. The Morgan fingerprint density at radius 2 is 2.33 bits per heavy atom. The Morgan fingerprint density at radius 3 is 2.33 bits per heavy atom. The molecule has 6 heavy (non-hydrogen) atoms. The van der Waals surface area contributed by atoms with Crippen molar-refractivity contribution in [2.24, 2.45) is 0 Å². The van der Waals surface area contributed by atoms with Crippen LogP contribution in [0.2, 0.25) is 0 Å². The molecule has 1 heteroatoms. The molecule has 0 nitrogen and oxygen atoms in total. The highest BCUT2D eigenvalue weighted by Crippen LogP contribution is 1.87. The van der Waals surface area contributed by atoms with E-state index < -0.39 is 0 Å². The second kappa shape index (κ2) is 2.76. The van der Waals surface area contributed by atoms with E-state index in [2.05, 4.69) is 13.2 Å². The highest BCUT2D eigenvalue weighted by atomic mass is 13.7. The maximum absolute atomic E-state index is 5.14. The van der Waals surface area contributed by atoms with Crippen molar-refractivity contribution in [3.63, 3.8) is 0 Å². The third-order valence-corrected chi connectivity index (χ3v) is 0.407. The minimum atomic E-state index is 0.671. The molecule has 0 amide bonds. The highest BCUT2D eigenvalue weighted by molar-refractivity contribution is 6.21. The molecule has 0 fully saturated rings. The smallest absolute Gasteiger partial charge is 0.107 e. The number of allylic oxidation sites excluding steroid dienone is 2. The van der Waals surface area contributed by atoms with E-state index in [4.69, 9.17) is 7.85 Å². The topological polar surface area (TPSA) is 0 Å². The molecule has 0 aromatic rings. The second-order valence-electron chi connectivity index (χ2n) is 1.15. The molecule has 0 aliphatic rings. The lowest BCUT2D eigenvalue weighted by molar-refractivity contribution is 1.38. The van der Waals surface area contributed by atoms with E-state index in [0.717, 1.165) is 6.42 Å². The molecule has 0 saturated heterocycles. The van der Waals surface area contributed by atoms with E-state index in [-0.39, 0.29) is 0 Å². The zero-order chi connectivity index (χ0) is 4.99. The van der Waals surface area contributed by atoms with Crippen LogP contribution in [0.3, 0.4) is 0 Å². The van der Waals surface area contributed by atoms with Crippen LogP contribution in [0, 0.1) is 0 Å². The summed E-state index contributed by atoms with van der Waals surface area (Å²) in [6, 6.07) is 0. The van der Waals surface area contributed by atoms with Crippen LogP contribution in [0.5, 0.6) is 0 Å². The molecule has 0 spiro atoms. The summed E-state index contributed by atoms with van der Waals surface area (Å²) in [6.07, 6.45) is 2.45. The van der Waals surface area contributed by atoms with Crippen molar-refractivity contribution in [3.8, 4) is 0 Å². The Labute approximate surface area is 40.0 Å². The molecular weight excluding hydrogens is 70.9 g/mol. The van der Waals surface area contributed by atoms with Gasteiger partial charge >= 0.3 is 0 Å². The molecule has 0 aliphatic heterocycles. The molecule has 0 saturated carbocycles. The molecule has 0 bridgehead atoms. The van der Waals surface area contributed by atoms with Gasteiger partial charge in [0, 0.05) is 0 Å². The Hall–Kier alpha value is -0.455. The maximum Gasteiger partial charge on any atom is 0.107 e. The minimum Gasteiger partial charge on any atom is -0.121 e. The highest BCUT2D eigenvalue weighted by Gasteiger charge is 1.71. The minimum absolute atomic E-state index is 0.671.